The minimum Gasteiger partial charge on any atom is -0.455 e. The van der Waals surface area contributed by atoms with E-state index >= 15 is 0 Å². The van der Waals surface area contributed by atoms with Crippen LogP contribution in [0.3, 0.4) is 0 Å². The SMILES string of the molecule is c1ccc(-c2ccc(N(c3ccc4c(c3)C(c3ccccc3)(c3ccccc3)c3cccc(N(c5ccc(-c6ccccc6)cc5)c5ccc(-c6cccc(-c7ccc(C8(c9ccccc9)c9cc(-c%10ccccc%10)ccc9-c9c(N(c%10ccc(-c%11ccccc%11)cc%10)c%10ccc(-c%11cccc%12c%11oc%11ccccc%11%12)cc%10)cccc98)cc7)c6)cc5)c3-4)c3ccccc3-c3ccccc3)cc2)cc1. The average molecular weight is 1760 g/mol. The van der Waals surface area contributed by atoms with Crippen molar-refractivity contribution in [2.24, 2.45) is 0 Å². The van der Waals surface area contributed by atoms with Crippen LogP contribution in [0.4, 0.5) is 51.2 Å². The van der Waals surface area contributed by atoms with Gasteiger partial charge in [-0.2, -0.15) is 0 Å². The molecule has 1 atom stereocenters. The smallest absolute Gasteiger partial charge is 0.143 e. The summed E-state index contributed by atoms with van der Waals surface area (Å²) in [5.41, 5.74) is 42.1. The van der Waals surface area contributed by atoms with Gasteiger partial charge in [0, 0.05) is 67.2 Å². The summed E-state index contributed by atoms with van der Waals surface area (Å²) in [4.78, 5) is 7.43. The van der Waals surface area contributed by atoms with E-state index in [-0.39, 0.29) is 0 Å². The normalized spacial score (nSPS) is 13.2. The topological polar surface area (TPSA) is 22.9 Å². The van der Waals surface area contributed by atoms with Gasteiger partial charge in [0.15, 0.2) is 0 Å². The van der Waals surface area contributed by atoms with Crippen molar-refractivity contribution in [1.29, 1.82) is 0 Å². The van der Waals surface area contributed by atoms with Crippen LogP contribution in [0.1, 0.15) is 44.5 Å². The first-order chi connectivity index (χ1) is 68.4. The number of benzene rings is 22. The number of anilines is 9. The summed E-state index contributed by atoms with van der Waals surface area (Å²) >= 11 is 0. The standard InChI is InChI=1S/C134H91N3O/c1-9-33-92(34-10-1)96-63-76-110(77-64-96)135(128-59-31-55-122-131(128)121-88-86-115(91-125(121)133(122,106-45-19-6-20-46-106)107-47-21-7-22-48-107)137(114-80-67-98(68-81-114)94-37-13-3-14-38-94)126-57-27-25-51-116(126)101-41-17-5-18-42-101)112-82-69-100(70-83-112)104-44-29-43-103(89-104)99-61-74-109(75-62-99)134(108-49-23-8-24-50-108)123-56-32-58-127(130(123)120-87-73-105(90-124(120)134)95-39-15-4-16-40-95)136(111-78-65-97(66-79-111)93-35-11-2-12-36-93)113-84-71-102(72-85-113)117-53-30-54-119-118-52-26-28-60-129(118)138-132(117)119/h1-91H. The van der Waals surface area contributed by atoms with Gasteiger partial charge in [0.1, 0.15) is 11.2 Å². The van der Waals surface area contributed by atoms with Crippen molar-refractivity contribution in [2.45, 2.75) is 10.8 Å². The molecule has 2 aliphatic carbocycles. The molecule has 25 rings (SSSR count). The zero-order valence-electron chi connectivity index (χ0n) is 75.8. The molecule has 0 bridgehead atoms. The van der Waals surface area contributed by atoms with Gasteiger partial charge in [-0.15, -0.1) is 0 Å². The summed E-state index contributed by atoms with van der Waals surface area (Å²) in [7, 11) is 0. The van der Waals surface area contributed by atoms with Gasteiger partial charge >= 0.3 is 0 Å². The molecule has 648 valence electrons. The molecule has 0 radical (unpaired) electrons. The van der Waals surface area contributed by atoms with Crippen LogP contribution in [0, 0.1) is 0 Å². The molecule has 0 aliphatic heterocycles. The monoisotopic (exact) mass is 1760 g/mol. The van der Waals surface area contributed by atoms with Crippen LogP contribution in [0.15, 0.2) is 556 Å². The Morgan fingerprint density at radius 3 is 0.884 bits per heavy atom. The summed E-state index contributed by atoms with van der Waals surface area (Å²) in [6, 6.07) is 204. The third-order valence-electron chi connectivity index (χ3n) is 28.5. The van der Waals surface area contributed by atoms with E-state index in [0.29, 0.717) is 0 Å². The molecule has 0 spiro atoms. The lowest BCUT2D eigenvalue weighted by Gasteiger charge is -2.35. The molecule has 2 aliphatic rings. The predicted octanol–water partition coefficient (Wildman–Crippen LogP) is 36.1. The first-order valence-corrected chi connectivity index (χ1v) is 47.6. The molecule has 0 saturated carbocycles. The van der Waals surface area contributed by atoms with Crippen molar-refractivity contribution >= 4 is 73.1 Å². The van der Waals surface area contributed by atoms with E-state index in [2.05, 4.69) is 561 Å². The molecule has 4 nitrogen and oxygen atoms in total. The fourth-order valence-corrected chi connectivity index (χ4v) is 22.1. The highest BCUT2D eigenvalue weighted by Gasteiger charge is 2.50. The Hall–Kier alpha value is -18.0. The molecule has 138 heavy (non-hydrogen) atoms. The van der Waals surface area contributed by atoms with E-state index in [1.807, 2.05) is 6.07 Å². The molecule has 0 amide bonds. The minimum atomic E-state index is -0.780. The van der Waals surface area contributed by atoms with Crippen LogP contribution < -0.4 is 14.7 Å². The lowest BCUT2D eigenvalue weighted by atomic mass is 9.67. The van der Waals surface area contributed by atoms with Crippen molar-refractivity contribution in [1.82, 2.24) is 0 Å². The Kier molecular flexibility index (Phi) is 20.7. The van der Waals surface area contributed by atoms with Gasteiger partial charge in [-0.1, -0.05) is 443 Å². The fraction of sp³-hybridized carbons (Fsp3) is 0.0149. The number of rotatable bonds is 21. The number of furan rings is 1. The summed E-state index contributed by atoms with van der Waals surface area (Å²) < 4.78 is 6.66. The van der Waals surface area contributed by atoms with Gasteiger partial charge in [-0.05, 0) is 243 Å². The first kappa shape index (κ1) is 82.0. The molecule has 0 saturated heterocycles. The molecule has 0 fully saturated rings. The number of para-hydroxylation sites is 3. The second-order valence-electron chi connectivity index (χ2n) is 36.0. The Morgan fingerprint density at radius 2 is 0.428 bits per heavy atom. The Labute approximate surface area is 805 Å². The highest BCUT2D eigenvalue weighted by Crippen LogP contribution is 2.64. The molecule has 0 N–H and O–H groups in total. The Bertz CT molecular complexity index is 8370. The van der Waals surface area contributed by atoms with Crippen LogP contribution in [0.5, 0.6) is 0 Å². The van der Waals surface area contributed by atoms with Crippen molar-refractivity contribution < 1.29 is 4.42 Å². The maximum absolute atomic E-state index is 6.66. The summed E-state index contributed by atoms with van der Waals surface area (Å²) in [5, 5.41) is 2.22. The van der Waals surface area contributed by atoms with E-state index in [1.165, 1.54) is 77.9 Å². The molecular weight excluding hydrogens is 1670 g/mol. The summed E-state index contributed by atoms with van der Waals surface area (Å²) in [6.07, 6.45) is 0. The van der Waals surface area contributed by atoms with Crippen molar-refractivity contribution in [3.63, 3.8) is 0 Å². The zero-order chi connectivity index (χ0) is 91.5. The first-order valence-electron chi connectivity index (χ1n) is 47.6. The number of nitrogens with zero attached hydrogens (tertiary/aromatic N) is 3. The van der Waals surface area contributed by atoms with Crippen LogP contribution in [0.25, 0.3) is 133 Å². The van der Waals surface area contributed by atoms with Gasteiger partial charge in [0.25, 0.3) is 0 Å². The highest BCUT2D eigenvalue weighted by atomic mass is 16.3. The van der Waals surface area contributed by atoms with Crippen LogP contribution in [-0.4, -0.2) is 0 Å². The quantitative estimate of drug-likeness (QED) is 0.0715. The maximum Gasteiger partial charge on any atom is 0.143 e. The third-order valence-corrected chi connectivity index (χ3v) is 28.5. The molecule has 22 aromatic carbocycles. The number of hydrogen-bond donors (Lipinski definition) is 0. The van der Waals surface area contributed by atoms with Crippen molar-refractivity contribution in [3.8, 4) is 111 Å². The van der Waals surface area contributed by atoms with Gasteiger partial charge in [-0.25, -0.2) is 0 Å². The van der Waals surface area contributed by atoms with Gasteiger partial charge in [0.05, 0.1) is 27.9 Å². The Morgan fingerprint density at radius 1 is 0.152 bits per heavy atom. The number of hydrogen-bond acceptors (Lipinski definition) is 4. The molecule has 4 heteroatoms. The van der Waals surface area contributed by atoms with Gasteiger partial charge in [0.2, 0.25) is 0 Å². The molecule has 23 aromatic rings. The highest BCUT2D eigenvalue weighted by molar-refractivity contribution is 6.10. The van der Waals surface area contributed by atoms with E-state index in [9.17, 15) is 0 Å². The van der Waals surface area contributed by atoms with Crippen LogP contribution in [0.2, 0.25) is 0 Å². The lowest BCUT2D eigenvalue weighted by Crippen LogP contribution is -2.29. The molecule has 1 unspecified atom stereocenters. The van der Waals surface area contributed by atoms with E-state index in [1.54, 1.807) is 0 Å². The largest absolute Gasteiger partial charge is 0.455 e. The van der Waals surface area contributed by atoms with E-state index in [0.717, 1.165) is 151 Å². The fourth-order valence-electron chi connectivity index (χ4n) is 22.1. The van der Waals surface area contributed by atoms with Gasteiger partial charge < -0.3 is 19.1 Å². The lowest BCUT2D eigenvalue weighted by molar-refractivity contribution is 0.670. The Balaban J connectivity index is 0.611. The maximum atomic E-state index is 6.66. The van der Waals surface area contributed by atoms with Crippen molar-refractivity contribution in [3.05, 3.63) is 597 Å². The predicted molar refractivity (Wildman–Crippen MR) is 576 cm³/mol. The second kappa shape index (κ2) is 34.9. The molecule has 1 aromatic heterocycles. The second-order valence-corrected chi connectivity index (χ2v) is 36.0. The minimum absolute atomic E-state index is 0.778. The summed E-state index contributed by atoms with van der Waals surface area (Å²) in [5.74, 6) is 0. The van der Waals surface area contributed by atoms with Crippen LogP contribution >= 0.6 is 0 Å². The van der Waals surface area contributed by atoms with Crippen LogP contribution in [-0.2, 0) is 10.8 Å². The van der Waals surface area contributed by atoms with E-state index < -0.39 is 10.8 Å². The van der Waals surface area contributed by atoms with E-state index in [4.69, 9.17) is 4.42 Å². The number of fused-ring (bicyclic) bond motifs is 9. The van der Waals surface area contributed by atoms with Crippen molar-refractivity contribution in [2.75, 3.05) is 14.7 Å². The van der Waals surface area contributed by atoms with Gasteiger partial charge in [-0.3, -0.25) is 0 Å². The molecule has 1 heterocycles. The summed E-state index contributed by atoms with van der Waals surface area (Å²) in [6.45, 7) is 0. The zero-order valence-corrected chi connectivity index (χ0v) is 75.8. The third kappa shape index (κ3) is 14.2. The molecular formula is C134H91N3O. The average Bonchev–Trinajstić information content (AvgIpc) is 1.54.